The summed E-state index contributed by atoms with van der Waals surface area (Å²) in [6.07, 6.45) is 7.96. The van der Waals surface area contributed by atoms with Gasteiger partial charge in [0, 0.05) is 6.54 Å². The molecule has 0 saturated heterocycles. The molecule has 1 rings (SSSR count). The molecule has 0 radical (unpaired) electrons. The third-order valence-electron chi connectivity index (χ3n) is 2.24. The molecule has 1 aliphatic carbocycles. The average molecular weight is 139 g/mol. The van der Waals surface area contributed by atoms with Gasteiger partial charge in [0.25, 0.3) is 0 Å². The van der Waals surface area contributed by atoms with E-state index in [1.807, 2.05) is 0 Å². The number of allylic oxidation sites excluding steroid dienone is 1. The molecule has 0 spiro atoms. The van der Waals surface area contributed by atoms with Gasteiger partial charge in [0.05, 0.1) is 0 Å². The Bertz CT molecular complexity index is 121. The van der Waals surface area contributed by atoms with Crippen LogP contribution in [0.15, 0.2) is 11.6 Å². The fourth-order valence-electron chi connectivity index (χ4n) is 1.59. The van der Waals surface area contributed by atoms with Gasteiger partial charge in [-0.3, -0.25) is 0 Å². The van der Waals surface area contributed by atoms with Gasteiger partial charge in [-0.2, -0.15) is 0 Å². The molecule has 0 aliphatic heterocycles. The number of hydrogen-bond acceptors (Lipinski definition) is 1. The summed E-state index contributed by atoms with van der Waals surface area (Å²) in [5, 5.41) is 0. The summed E-state index contributed by atoms with van der Waals surface area (Å²) in [7, 11) is 0. The molecule has 0 atom stereocenters. The van der Waals surface area contributed by atoms with E-state index in [-0.39, 0.29) is 0 Å². The van der Waals surface area contributed by atoms with Gasteiger partial charge in [-0.1, -0.05) is 24.5 Å². The summed E-state index contributed by atoms with van der Waals surface area (Å²) in [5.74, 6) is 0.851. The summed E-state index contributed by atoms with van der Waals surface area (Å²) in [4.78, 5) is 0. The molecule has 10 heavy (non-hydrogen) atoms. The Morgan fingerprint density at radius 2 is 2.10 bits per heavy atom. The van der Waals surface area contributed by atoms with Gasteiger partial charge in [0.2, 0.25) is 0 Å². The summed E-state index contributed by atoms with van der Waals surface area (Å²) in [5.41, 5.74) is 6.84. The lowest BCUT2D eigenvalue weighted by molar-refractivity contribution is 0.678. The Morgan fingerprint density at radius 3 is 2.60 bits per heavy atom. The average Bonchev–Trinajstić information content (AvgIpc) is 2.40. The monoisotopic (exact) mass is 139 g/mol. The van der Waals surface area contributed by atoms with E-state index in [0.29, 0.717) is 0 Å². The summed E-state index contributed by atoms with van der Waals surface area (Å²) >= 11 is 0. The van der Waals surface area contributed by atoms with Gasteiger partial charge in [0.15, 0.2) is 0 Å². The lowest BCUT2D eigenvalue weighted by atomic mass is 10.1. The highest BCUT2D eigenvalue weighted by Gasteiger charge is 2.11. The van der Waals surface area contributed by atoms with E-state index in [0.717, 1.165) is 12.5 Å². The van der Waals surface area contributed by atoms with Gasteiger partial charge < -0.3 is 5.73 Å². The summed E-state index contributed by atoms with van der Waals surface area (Å²) in [6, 6.07) is 0. The maximum absolute atomic E-state index is 5.48. The Balaban J connectivity index is 2.34. The second kappa shape index (κ2) is 3.77. The Morgan fingerprint density at radius 1 is 1.50 bits per heavy atom. The molecule has 0 bridgehead atoms. The van der Waals surface area contributed by atoms with Crippen LogP contribution in [0.4, 0.5) is 0 Å². The largest absolute Gasteiger partial charge is 0.327 e. The number of nitrogens with two attached hydrogens (primary N) is 1. The lowest BCUT2D eigenvalue weighted by Crippen LogP contribution is -2.01. The molecule has 1 heteroatoms. The van der Waals surface area contributed by atoms with Gasteiger partial charge in [0.1, 0.15) is 0 Å². The Kier molecular flexibility index (Phi) is 2.94. The fourth-order valence-corrected chi connectivity index (χ4v) is 1.59. The van der Waals surface area contributed by atoms with Crippen LogP contribution in [-0.2, 0) is 0 Å². The molecule has 0 aromatic carbocycles. The van der Waals surface area contributed by atoms with Crippen LogP contribution in [0.5, 0.6) is 0 Å². The smallest absolute Gasteiger partial charge is 0.0134 e. The van der Waals surface area contributed by atoms with Crippen molar-refractivity contribution in [3.05, 3.63) is 11.6 Å². The molecular formula is C9H17N. The molecule has 0 unspecified atom stereocenters. The third-order valence-corrected chi connectivity index (χ3v) is 2.24. The maximum atomic E-state index is 5.48. The predicted molar refractivity (Wildman–Crippen MR) is 44.8 cm³/mol. The Labute approximate surface area is 63.3 Å². The second-order valence-electron chi connectivity index (χ2n) is 3.26. The molecular weight excluding hydrogens is 122 g/mol. The van der Waals surface area contributed by atoms with Gasteiger partial charge >= 0.3 is 0 Å². The highest BCUT2D eigenvalue weighted by Crippen LogP contribution is 2.26. The van der Waals surface area contributed by atoms with Crippen LogP contribution in [0.3, 0.4) is 0 Å². The van der Waals surface area contributed by atoms with Crippen LogP contribution in [0, 0.1) is 5.92 Å². The topological polar surface area (TPSA) is 26.0 Å². The normalized spacial score (nSPS) is 22.0. The minimum Gasteiger partial charge on any atom is -0.327 e. The summed E-state index contributed by atoms with van der Waals surface area (Å²) in [6.45, 7) is 2.86. The highest BCUT2D eigenvalue weighted by atomic mass is 14.5. The number of hydrogen-bond donors (Lipinski definition) is 1. The first-order valence-electron chi connectivity index (χ1n) is 4.20. The zero-order valence-electron chi connectivity index (χ0n) is 6.77. The van der Waals surface area contributed by atoms with Gasteiger partial charge in [-0.05, 0) is 25.7 Å². The second-order valence-corrected chi connectivity index (χ2v) is 3.26. The van der Waals surface area contributed by atoms with E-state index in [2.05, 4.69) is 13.0 Å². The first-order chi connectivity index (χ1) is 4.83. The van der Waals surface area contributed by atoms with Crippen molar-refractivity contribution in [2.75, 3.05) is 6.54 Å². The van der Waals surface area contributed by atoms with Crippen molar-refractivity contribution in [2.45, 2.75) is 32.6 Å². The molecule has 58 valence electrons. The van der Waals surface area contributed by atoms with Crippen molar-refractivity contribution in [2.24, 2.45) is 11.7 Å². The van der Waals surface area contributed by atoms with E-state index < -0.39 is 0 Å². The van der Waals surface area contributed by atoms with Gasteiger partial charge in [-0.25, -0.2) is 0 Å². The van der Waals surface area contributed by atoms with Crippen LogP contribution in [-0.4, -0.2) is 6.54 Å². The van der Waals surface area contributed by atoms with E-state index in [9.17, 15) is 0 Å². The number of rotatable bonds is 2. The minimum atomic E-state index is 0.733. The molecule has 2 N–H and O–H groups in total. The van der Waals surface area contributed by atoms with Crippen molar-refractivity contribution in [3.8, 4) is 0 Å². The standard InChI is InChI=1S/C9H17N/c1-8(7-10)6-9-4-2-3-5-9/h6,9H,2-5,7,10H2,1H3. The molecule has 1 aliphatic rings. The first kappa shape index (κ1) is 7.80. The van der Waals surface area contributed by atoms with Crippen molar-refractivity contribution < 1.29 is 0 Å². The van der Waals surface area contributed by atoms with Crippen molar-refractivity contribution in [1.29, 1.82) is 0 Å². The van der Waals surface area contributed by atoms with Crippen molar-refractivity contribution in [1.82, 2.24) is 0 Å². The van der Waals surface area contributed by atoms with Crippen LogP contribution >= 0.6 is 0 Å². The van der Waals surface area contributed by atoms with Crippen molar-refractivity contribution >= 4 is 0 Å². The SMILES string of the molecule is CC(=CC1CCCC1)CN. The molecule has 1 nitrogen and oxygen atoms in total. The highest BCUT2D eigenvalue weighted by molar-refractivity contribution is 5.03. The zero-order valence-corrected chi connectivity index (χ0v) is 6.77. The van der Waals surface area contributed by atoms with E-state index >= 15 is 0 Å². The van der Waals surface area contributed by atoms with E-state index in [4.69, 9.17) is 5.73 Å². The lowest BCUT2D eigenvalue weighted by Gasteiger charge is -2.02. The molecule has 0 aromatic rings. The molecule has 0 aromatic heterocycles. The third kappa shape index (κ3) is 2.14. The molecule has 0 heterocycles. The van der Waals surface area contributed by atoms with E-state index in [1.54, 1.807) is 0 Å². The zero-order chi connectivity index (χ0) is 7.40. The Hall–Kier alpha value is -0.300. The first-order valence-corrected chi connectivity index (χ1v) is 4.20. The van der Waals surface area contributed by atoms with Crippen molar-refractivity contribution in [3.63, 3.8) is 0 Å². The van der Waals surface area contributed by atoms with E-state index in [1.165, 1.54) is 31.3 Å². The quantitative estimate of drug-likeness (QED) is 0.582. The van der Waals surface area contributed by atoms with Crippen LogP contribution in [0.1, 0.15) is 32.6 Å². The van der Waals surface area contributed by atoms with Crippen LogP contribution in [0.2, 0.25) is 0 Å². The van der Waals surface area contributed by atoms with Gasteiger partial charge in [-0.15, -0.1) is 0 Å². The summed E-state index contributed by atoms with van der Waals surface area (Å²) < 4.78 is 0. The van der Waals surface area contributed by atoms with Crippen LogP contribution < -0.4 is 5.73 Å². The molecule has 0 amide bonds. The van der Waals surface area contributed by atoms with Crippen LogP contribution in [0.25, 0.3) is 0 Å². The minimum absolute atomic E-state index is 0.733. The molecule has 1 fully saturated rings. The maximum Gasteiger partial charge on any atom is 0.0134 e. The fraction of sp³-hybridized carbons (Fsp3) is 0.778. The predicted octanol–water partition coefficient (Wildman–Crippen LogP) is 2.08. The molecule has 1 saturated carbocycles.